The van der Waals surface area contributed by atoms with Gasteiger partial charge in [0.15, 0.2) is 5.76 Å². The number of hydrogen-bond donors (Lipinski definition) is 2. The first kappa shape index (κ1) is 19.0. The van der Waals surface area contributed by atoms with Crippen molar-refractivity contribution in [2.75, 3.05) is 13.1 Å². The molecule has 8 heteroatoms. The molecule has 3 aliphatic carbocycles. The minimum absolute atomic E-state index is 0.123. The fraction of sp³-hybridized carbons (Fsp3) is 0.762. The zero-order valence-corrected chi connectivity index (χ0v) is 16.7. The SMILES string of the molecule is Cc1cc(CNC(=O)[C@H]2[C@H](C(=O)OC3CCNCC3F)[C@H]3CC[C@@H]2C32CC2)on1. The Hall–Kier alpha value is -1.96. The maximum atomic E-state index is 14.2. The number of carbonyl (C=O) groups excluding carboxylic acids is 2. The second kappa shape index (κ2) is 7.07. The average Bonchev–Trinajstić information content (AvgIpc) is 3.19. The Morgan fingerprint density at radius 2 is 2.07 bits per heavy atom. The van der Waals surface area contributed by atoms with Crippen molar-refractivity contribution in [2.45, 2.75) is 57.8 Å². The van der Waals surface area contributed by atoms with E-state index in [1.807, 2.05) is 6.92 Å². The van der Waals surface area contributed by atoms with E-state index in [-0.39, 0.29) is 42.2 Å². The Morgan fingerprint density at radius 1 is 1.31 bits per heavy atom. The Morgan fingerprint density at radius 3 is 2.72 bits per heavy atom. The molecule has 1 aromatic heterocycles. The van der Waals surface area contributed by atoms with E-state index in [9.17, 15) is 14.0 Å². The quantitative estimate of drug-likeness (QED) is 0.727. The molecule has 2 bridgehead atoms. The normalized spacial score (nSPS) is 36.9. The van der Waals surface area contributed by atoms with Crippen LogP contribution in [-0.2, 0) is 20.9 Å². The van der Waals surface area contributed by atoms with Crippen LogP contribution in [0.25, 0.3) is 0 Å². The number of esters is 1. The Bertz CT molecular complexity index is 808. The first-order valence-electron chi connectivity index (χ1n) is 10.7. The van der Waals surface area contributed by atoms with Crippen molar-refractivity contribution in [1.29, 1.82) is 0 Å². The lowest BCUT2D eigenvalue weighted by molar-refractivity contribution is -0.165. The molecule has 6 atom stereocenters. The van der Waals surface area contributed by atoms with Crippen molar-refractivity contribution in [1.82, 2.24) is 15.8 Å². The van der Waals surface area contributed by atoms with E-state index in [4.69, 9.17) is 9.26 Å². The van der Waals surface area contributed by atoms with Crippen LogP contribution in [0.15, 0.2) is 10.6 Å². The number of aromatic nitrogens is 1. The van der Waals surface area contributed by atoms with Gasteiger partial charge in [-0.15, -0.1) is 0 Å². The fourth-order valence-corrected chi connectivity index (χ4v) is 6.28. The molecule has 3 saturated carbocycles. The number of nitrogens with one attached hydrogen (secondary N) is 2. The Labute approximate surface area is 169 Å². The minimum Gasteiger partial charge on any atom is -0.459 e. The summed E-state index contributed by atoms with van der Waals surface area (Å²) in [6.07, 6.45) is 2.67. The highest BCUT2D eigenvalue weighted by atomic mass is 19.1. The summed E-state index contributed by atoms with van der Waals surface area (Å²) < 4.78 is 25.0. The van der Waals surface area contributed by atoms with Crippen molar-refractivity contribution in [3.05, 3.63) is 17.5 Å². The summed E-state index contributed by atoms with van der Waals surface area (Å²) in [6.45, 7) is 2.92. The number of alkyl halides is 1. The van der Waals surface area contributed by atoms with Gasteiger partial charge in [0.2, 0.25) is 5.91 Å². The van der Waals surface area contributed by atoms with Gasteiger partial charge in [0.05, 0.1) is 24.1 Å². The molecule has 1 aliphatic heterocycles. The summed E-state index contributed by atoms with van der Waals surface area (Å²) >= 11 is 0. The second-order valence-corrected chi connectivity index (χ2v) is 9.21. The molecule has 1 saturated heterocycles. The number of ether oxygens (including phenoxy) is 1. The number of hydrogen-bond acceptors (Lipinski definition) is 6. The summed E-state index contributed by atoms with van der Waals surface area (Å²) in [4.78, 5) is 26.3. The number of rotatable bonds is 5. The monoisotopic (exact) mass is 405 g/mol. The predicted molar refractivity (Wildman–Crippen MR) is 100 cm³/mol. The molecule has 2 N–H and O–H groups in total. The minimum atomic E-state index is -1.19. The largest absolute Gasteiger partial charge is 0.459 e. The van der Waals surface area contributed by atoms with Crippen LogP contribution in [-0.4, -0.2) is 42.4 Å². The average molecular weight is 405 g/mol. The maximum Gasteiger partial charge on any atom is 0.310 e. The highest BCUT2D eigenvalue weighted by Crippen LogP contribution is 2.74. The maximum absolute atomic E-state index is 14.2. The molecule has 29 heavy (non-hydrogen) atoms. The topological polar surface area (TPSA) is 93.5 Å². The van der Waals surface area contributed by atoms with E-state index < -0.39 is 24.1 Å². The molecule has 7 nitrogen and oxygen atoms in total. The Balaban J connectivity index is 1.31. The molecule has 158 valence electrons. The van der Waals surface area contributed by atoms with E-state index in [1.54, 1.807) is 6.07 Å². The summed E-state index contributed by atoms with van der Waals surface area (Å²) in [5.74, 6) is -0.370. The third-order valence-electron chi connectivity index (χ3n) is 7.65. The lowest BCUT2D eigenvalue weighted by Crippen LogP contribution is -2.47. The number of carbonyl (C=O) groups is 2. The van der Waals surface area contributed by atoms with Gasteiger partial charge in [-0.05, 0) is 62.8 Å². The molecule has 0 aromatic carbocycles. The van der Waals surface area contributed by atoms with Crippen LogP contribution in [0.2, 0.25) is 0 Å². The smallest absolute Gasteiger partial charge is 0.310 e. The third kappa shape index (κ3) is 3.16. The van der Waals surface area contributed by atoms with Gasteiger partial charge in [0.25, 0.3) is 0 Å². The van der Waals surface area contributed by atoms with Crippen LogP contribution in [0.1, 0.15) is 43.6 Å². The molecule has 1 spiro atoms. The van der Waals surface area contributed by atoms with E-state index in [2.05, 4.69) is 15.8 Å². The van der Waals surface area contributed by atoms with E-state index in [1.165, 1.54) is 0 Å². The van der Waals surface area contributed by atoms with Gasteiger partial charge in [0.1, 0.15) is 12.3 Å². The van der Waals surface area contributed by atoms with Gasteiger partial charge in [0, 0.05) is 12.6 Å². The van der Waals surface area contributed by atoms with Crippen LogP contribution in [0.5, 0.6) is 0 Å². The number of aryl methyl sites for hydroxylation is 1. The number of piperidine rings is 1. The van der Waals surface area contributed by atoms with Gasteiger partial charge in [-0.2, -0.15) is 0 Å². The summed E-state index contributed by atoms with van der Waals surface area (Å²) in [5.41, 5.74) is 0.882. The number of halogens is 1. The zero-order valence-electron chi connectivity index (χ0n) is 16.7. The highest BCUT2D eigenvalue weighted by Gasteiger charge is 2.72. The van der Waals surface area contributed by atoms with Gasteiger partial charge in [-0.1, -0.05) is 5.16 Å². The summed E-state index contributed by atoms with van der Waals surface area (Å²) in [6, 6.07) is 1.79. The molecule has 0 radical (unpaired) electrons. The first-order chi connectivity index (χ1) is 14.0. The van der Waals surface area contributed by atoms with Crippen molar-refractivity contribution >= 4 is 11.9 Å². The number of amides is 1. The lowest BCUT2D eigenvalue weighted by atomic mass is 9.78. The molecular weight excluding hydrogens is 377 g/mol. The molecule has 2 heterocycles. The van der Waals surface area contributed by atoms with Gasteiger partial charge in [-0.3, -0.25) is 9.59 Å². The Kier molecular flexibility index (Phi) is 4.64. The fourth-order valence-electron chi connectivity index (χ4n) is 6.28. The number of nitrogens with zero attached hydrogens (tertiary/aromatic N) is 1. The van der Waals surface area contributed by atoms with Crippen molar-refractivity contribution in [3.8, 4) is 0 Å². The predicted octanol–water partition coefficient (Wildman–Crippen LogP) is 1.89. The van der Waals surface area contributed by atoms with Crippen LogP contribution in [0.3, 0.4) is 0 Å². The van der Waals surface area contributed by atoms with Crippen molar-refractivity contribution < 1.29 is 23.2 Å². The van der Waals surface area contributed by atoms with E-state index >= 15 is 0 Å². The van der Waals surface area contributed by atoms with E-state index in [0.29, 0.717) is 18.7 Å². The first-order valence-corrected chi connectivity index (χ1v) is 10.7. The van der Waals surface area contributed by atoms with Gasteiger partial charge in [-0.25, -0.2) is 4.39 Å². The second-order valence-electron chi connectivity index (χ2n) is 9.21. The molecule has 1 aromatic rings. The van der Waals surface area contributed by atoms with Crippen LogP contribution >= 0.6 is 0 Å². The van der Waals surface area contributed by atoms with Crippen LogP contribution in [0.4, 0.5) is 4.39 Å². The van der Waals surface area contributed by atoms with Gasteiger partial charge >= 0.3 is 5.97 Å². The summed E-state index contributed by atoms with van der Waals surface area (Å²) in [7, 11) is 0. The van der Waals surface area contributed by atoms with Gasteiger partial charge < -0.3 is 19.9 Å². The molecule has 4 aliphatic rings. The summed E-state index contributed by atoms with van der Waals surface area (Å²) in [5, 5.41) is 9.75. The zero-order chi connectivity index (χ0) is 20.2. The van der Waals surface area contributed by atoms with E-state index in [0.717, 1.165) is 31.4 Å². The lowest BCUT2D eigenvalue weighted by Gasteiger charge is -2.32. The van der Waals surface area contributed by atoms with Crippen molar-refractivity contribution in [2.24, 2.45) is 29.1 Å². The molecular formula is C21H28FN3O4. The molecule has 1 amide bonds. The van der Waals surface area contributed by atoms with Crippen LogP contribution < -0.4 is 10.6 Å². The highest BCUT2D eigenvalue weighted by molar-refractivity contribution is 5.87. The standard InChI is InChI=1S/C21H28FN3O4/c1-11-8-12(29-25-11)9-24-19(26)17-13-2-3-14(21(13)5-6-21)18(17)20(27)28-16-4-7-23-10-15(16)22/h8,13-18,23H,2-7,9-10H2,1H3,(H,24,26)/t13-,14+,15?,16?,17+,18+/m0/s1. The molecule has 4 fully saturated rings. The molecule has 2 unspecified atom stereocenters. The van der Waals surface area contributed by atoms with Crippen LogP contribution in [0, 0.1) is 36.0 Å². The van der Waals surface area contributed by atoms with Crippen molar-refractivity contribution in [3.63, 3.8) is 0 Å². The third-order valence-corrected chi connectivity index (χ3v) is 7.65. The molecule has 5 rings (SSSR count).